The number of methoxy groups -OCH3 is 1. The van der Waals surface area contributed by atoms with Crippen molar-refractivity contribution < 1.29 is 32.5 Å². The molecule has 0 aliphatic rings. The molecule has 0 saturated carbocycles. The van der Waals surface area contributed by atoms with Crippen molar-refractivity contribution in [3.63, 3.8) is 0 Å². The number of carbonyl (C=O) groups is 1. The van der Waals surface area contributed by atoms with Gasteiger partial charge in [0.25, 0.3) is 5.24 Å². The Morgan fingerprint density at radius 1 is 1.47 bits per heavy atom. The Hall–Kier alpha value is -1.70. The lowest BCUT2D eigenvalue weighted by atomic mass is 10.3. The van der Waals surface area contributed by atoms with E-state index >= 15 is 0 Å². The minimum absolute atomic E-state index is 0.591. The number of aromatic nitrogens is 1. The van der Waals surface area contributed by atoms with Crippen LogP contribution >= 0.6 is 11.6 Å². The predicted octanol–water partition coefficient (Wildman–Crippen LogP) is 2.07. The van der Waals surface area contributed by atoms with E-state index in [0.29, 0.717) is 6.20 Å². The number of carbonyl (C=O) groups excluding carboxylic acids is 1. The van der Waals surface area contributed by atoms with Crippen LogP contribution in [0.5, 0.6) is 17.2 Å². The number of nitrogens with zero attached hydrogens (tertiary/aromatic N) is 1. The fourth-order valence-electron chi connectivity index (χ4n) is 1.01. The molecule has 0 radical (unpaired) electrons. The number of aromatic hydroxyl groups is 1. The van der Waals surface area contributed by atoms with Crippen LogP contribution in [0.15, 0.2) is 6.20 Å². The lowest BCUT2D eigenvalue weighted by Crippen LogP contribution is -2.18. The van der Waals surface area contributed by atoms with E-state index in [1.54, 1.807) is 0 Å². The first-order valence-corrected chi connectivity index (χ1v) is 4.35. The molecule has 0 saturated heterocycles. The van der Waals surface area contributed by atoms with Gasteiger partial charge >= 0.3 is 6.36 Å². The topological polar surface area (TPSA) is 68.7 Å². The monoisotopic (exact) mass is 271 g/mol. The van der Waals surface area contributed by atoms with Crippen LogP contribution in [-0.4, -0.2) is 28.8 Å². The molecule has 0 bridgehead atoms. The first kappa shape index (κ1) is 13.4. The number of halogens is 4. The second-order valence-electron chi connectivity index (χ2n) is 2.68. The van der Waals surface area contributed by atoms with Crippen LogP contribution < -0.4 is 9.47 Å². The maximum absolute atomic E-state index is 12.0. The summed E-state index contributed by atoms with van der Waals surface area (Å²) in [4.78, 5) is 14.2. The molecule has 0 aliphatic heterocycles. The maximum Gasteiger partial charge on any atom is 0.573 e. The van der Waals surface area contributed by atoms with Gasteiger partial charge in [0.1, 0.15) is 0 Å². The number of pyridine rings is 1. The van der Waals surface area contributed by atoms with Crippen molar-refractivity contribution in [2.24, 2.45) is 0 Å². The molecule has 0 aromatic carbocycles. The van der Waals surface area contributed by atoms with Gasteiger partial charge in [0.15, 0.2) is 17.2 Å². The molecule has 1 aromatic rings. The molecule has 1 aromatic heterocycles. The first-order valence-electron chi connectivity index (χ1n) is 3.97. The van der Waals surface area contributed by atoms with Crippen molar-refractivity contribution in [3.05, 3.63) is 11.9 Å². The summed E-state index contributed by atoms with van der Waals surface area (Å²) in [5.41, 5.74) is -0.591. The van der Waals surface area contributed by atoms with E-state index in [1.807, 2.05) is 0 Å². The fourth-order valence-corrected chi connectivity index (χ4v) is 1.15. The summed E-state index contributed by atoms with van der Waals surface area (Å²) in [7, 11) is 0.975. The van der Waals surface area contributed by atoms with Crippen molar-refractivity contribution in [2.45, 2.75) is 6.36 Å². The smallest absolute Gasteiger partial charge is 0.503 e. The number of ether oxygens (including phenoxy) is 2. The highest BCUT2D eigenvalue weighted by atomic mass is 35.5. The fraction of sp³-hybridized carbons (Fsp3) is 0.250. The minimum atomic E-state index is -5.06. The number of alkyl halides is 3. The van der Waals surface area contributed by atoms with Crippen molar-refractivity contribution >= 4 is 16.8 Å². The molecule has 0 unspecified atom stereocenters. The zero-order valence-corrected chi connectivity index (χ0v) is 8.96. The average Bonchev–Trinajstić information content (AvgIpc) is 2.18. The SMILES string of the molecule is COc1c(C(=O)Cl)ncc(O)c1OC(F)(F)F. The molecule has 0 atom stereocenters. The summed E-state index contributed by atoms with van der Waals surface area (Å²) in [6, 6.07) is 0. The van der Waals surface area contributed by atoms with Crippen LogP contribution in [0.25, 0.3) is 0 Å². The minimum Gasteiger partial charge on any atom is -0.503 e. The van der Waals surface area contributed by atoms with Gasteiger partial charge in [-0.15, -0.1) is 13.2 Å². The van der Waals surface area contributed by atoms with Crippen LogP contribution in [-0.2, 0) is 0 Å². The third-order valence-corrected chi connectivity index (χ3v) is 1.76. The first-order chi connectivity index (χ1) is 7.76. The third kappa shape index (κ3) is 3.13. The quantitative estimate of drug-likeness (QED) is 0.852. The van der Waals surface area contributed by atoms with E-state index in [1.165, 1.54) is 0 Å². The second kappa shape index (κ2) is 4.66. The van der Waals surface area contributed by atoms with Gasteiger partial charge in [0.2, 0.25) is 5.75 Å². The summed E-state index contributed by atoms with van der Waals surface area (Å²) < 4.78 is 44.2. The molecule has 9 heteroatoms. The number of hydrogen-bond acceptors (Lipinski definition) is 5. The molecular formula is C8H5ClF3NO4. The zero-order chi connectivity index (χ0) is 13.2. The van der Waals surface area contributed by atoms with Gasteiger partial charge in [-0.1, -0.05) is 0 Å². The molecule has 1 N–H and O–H groups in total. The molecule has 1 rings (SSSR count). The largest absolute Gasteiger partial charge is 0.573 e. The van der Waals surface area contributed by atoms with Crippen molar-refractivity contribution in [1.29, 1.82) is 0 Å². The molecule has 1 heterocycles. The Balaban J connectivity index is 3.35. The Kier molecular flexibility index (Phi) is 3.66. The van der Waals surface area contributed by atoms with Gasteiger partial charge < -0.3 is 14.6 Å². The lowest BCUT2D eigenvalue weighted by molar-refractivity contribution is -0.275. The van der Waals surface area contributed by atoms with E-state index < -0.39 is 34.5 Å². The van der Waals surface area contributed by atoms with Crippen LogP contribution in [0, 0.1) is 0 Å². The Labute approximate surface area is 97.7 Å². The summed E-state index contributed by atoms with van der Waals surface area (Å²) in [5, 5.41) is 8.03. The maximum atomic E-state index is 12.0. The van der Waals surface area contributed by atoms with Gasteiger partial charge in [0, 0.05) is 0 Å². The summed E-state index contributed by atoms with van der Waals surface area (Å²) in [6.45, 7) is 0. The van der Waals surface area contributed by atoms with E-state index in [4.69, 9.17) is 11.6 Å². The van der Waals surface area contributed by atoms with Crippen LogP contribution in [0.3, 0.4) is 0 Å². The van der Waals surface area contributed by atoms with Crippen molar-refractivity contribution in [1.82, 2.24) is 4.98 Å². The van der Waals surface area contributed by atoms with Crippen molar-refractivity contribution in [2.75, 3.05) is 7.11 Å². The van der Waals surface area contributed by atoms with Crippen molar-refractivity contribution in [3.8, 4) is 17.2 Å². The molecule has 5 nitrogen and oxygen atoms in total. The van der Waals surface area contributed by atoms with Gasteiger partial charge in [-0.2, -0.15) is 0 Å². The summed E-state index contributed by atoms with van der Waals surface area (Å²) in [6.07, 6.45) is -4.46. The van der Waals surface area contributed by atoms with Gasteiger partial charge in [0.05, 0.1) is 13.3 Å². The molecular weight excluding hydrogens is 267 g/mol. The average molecular weight is 272 g/mol. The Morgan fingerprint density at radius 2 is 2.06 bits per heavy atom. The Bertz CT molecular complexity index is 449. The third-order valence-electron chi connectivity index (χ3n) is 1.58. The van der Waals surface area contributed by atoms with Crippen LogP contribution in [0.4, 0.5) is 13.2 Å². The summed E-state index contributed by atoms with van der Waals surface area (Å²) in [5.74, 6) is -2.69. The standard InChI is InChI=1S/C8H5ClF3NO4/c1-16-6-4(7(9)15)13-2-3(14)5(6)17-8(10,11)12/h2,14H,1H3. The van der Waals surface area contributed by atoms with Crippen LogP contribution in [0.1, 0.15) is 10.5 Å². The van der Waals surface area contributed by atoms with Gasteiger partial charge in [-0.3, -0.25) is 4.79 Å². The molecule has 17 heavy (non-hydrogen) atoms. The van der Waals surface area contributed by atoms with E-state index in [0.717, 1.165) is 7.11 Å². The Morgan fingerprint density at radius 3 is 2.47 bits per heavy atom. The number of rotatable bonds is 3. The second-order valence-corrected chi connectivity index (χ2v) is 3.02. The van der Waals surface area contributed by atoms with E-state index in [9.17, 15) is 23.1 Å². The predicted molar refractivity (Wildman–Crippen MR) is 49.3 cm³/mol. The van der Waals surface area contributed by atoms with E-state index in [2.05, 4.69) is 14.5 Å². The zero-order valence-electron chi connectivity index (χ0n) is 8.21. The lowest BCUT2D eigenvalue weighted by Gasteiger charge is -2.14. The van der Waals surface area contributed by atoms with Gasteiger partial charge in [-0.05, 0) is 11.6 Å². The molecule has 94 valence electrons. The molecule has 0 amide bonds. The highest BCUT2D eigenvalue weighted by molar-refractivity contribution is 6.67. The molecule has 0 spiro atoms. The molecule has 0 fully saturated rings. The molecule has 0 aliphatic carbocycles. The van der Waals surface area contributed by atoms with Crippen LogP contribution in [0.2, 0.25) is 0 Å². The summed E-state index contributed by atoms with van der Waals surface area (Å²) >= 11 is 5.08. The number of hydrogen-bond donors (Lipinski definition) is 1. The van der Waals surface area contributed by atoms with Gasteiger partial charge in [-0.25, -0.2) is 4.98 Å². The highest BCUT2D eigenvalue weighted by Crippen LogP contribution is 2.41. The normalized spacial score (nSPS) is 11.1. The van der Waals surface area contributed by atoms with E-state index in [-0.39, 0.29) is 0 Å². The highest BCUT2D eigenvalue weighted by Gasteiger charge is 2.35.